The molecule has 0 aromatic carbocycles. The molecule has 1 atom stereocenters. The van der Waals surface area contributed by atoms with Crippen LogP contribution in [0.5, 0.6) is 0 Å². The molecule has 4 nitrogen and oxygen atoms in total. The van der Waals surface area contributed by atoms with E-state index in [1.165, 1.54) is 0 Å². The molecule has 0 aliphatic rings. The second kappa shape index (κ2) is 3.58. The lowest BCUT2D eigenvalue weighted by Crippen LogP contribution is -2.12. The van der Waals surface area contributed by atoms with Gasteiger partial charge in [0.1, 0.15) is 6.10 Å². The lowest BCUT2D eigenvalue weighted by atomic mass is 10.4. The topological polar surface area (TPSA) is 73.0 Å². The monoisotopic (exact) mass is 105 g/mol. The largest absolute Gasteiger partial charge is 0.411 e. The number of hydrogen-bond donors (Lipinski definition) is 3. The van der Waals surface area contributed by atoms with Crippen LogP contribution in [0, 0.1) is 0 Å². The van der Waals surface area contributed by atoms with Crippen LogP contribution in [0.25, 0.3) is 0 Å². The first-order valence-electron chi connectivity index (χ1n) is 1.77. The zero-order valence-corrected chi connectivity index (χ0v) is 3.65. The first-order valence-corrected chi connectivity index (χ1v) is 1.77. The van der Waals surface area contributed by atoms with Gasteiger partial charge in [0.15, 0.2) is 0 Å². The molecule has 0 fully saturated rings. The third kappa shape index (κ3) is 3.21. The van der Waals surface area contributed by atoms with Crippen molar-refractivity contribution in [3.63, 3.8) is 0 Å². The summed E-state index contributed by atoms with van der Waals surface area (Å²) in [5, 5.41) is 26.4. The van der Waals surface area contributed by atoms with Gasteiger partial charge in [-0.1, -0.05) is 5.16 Å². The lowest BCUT2D eigenvalue weighted by molar-refractivity contribution is 0.145. The molecule has 0 aromatic rings. The molecule has 3 N–H and O–H groups in total. The minimum Gasteiger partial charge on any atom is -0.411 e. The van der Waals surface area contributed by atoms with Crippen molar-refractivity contribution in [2.24, 2.45) is 5.16 Å². The van der Waals surface area contributed by atoms with E-state index in [9.17, 15) is 0 Å². The molecular weight excluding hydrogens is 98.0 g/mol. The zero-order chi connectivity index (χ0) is 5.70. The van der Waals surface area contributed by atoms with Gasteiger partial charge < -0.3 is 15.4 Å². The average Bonchev–Trinajstić information content (AvgIpc) is 1.68. The lowest BCUT2D eigenvalue weighted by Gasteiger charge is -1.92. The molecule has 7 heavy (non-hydrogen) atoms. The van der Waals surface area contributed by atoms with Crippen molar-refractivity contribution < 1.29 is 15.4 Å². The molecule has 0 radical (unpaired) electrons. The summed E-state index contributed by atoms with van der Waals surface area (Å²) in [5.74, 6) is 0. The molecule has 0 unspecified atom stereocenters. The van der Waals surface area contributed by atoms with Crippen molar-refractivity contribution in [1.82, 2.24) is 0 Å². The van der Waals surface area contributed by atoms with E-state index in [-0.39, 0.29) is 0 Å². The minimum absolute atomic E-state index is 0.413. The number of aliphatic hydroxyl groups excluding tert-OH is 2. The van der Waals surface area contributed by atoms with Gasteiger partial charge in [-0.15, -0.1) is 0 Å². The molecule has 0 saturated carbocycles. The van der Waals surface area contributed by atoms with Crippen LogP contribution in [-0.2, 0) is 0 Å². The van der Waals surface area contributed by atoms with E-state index in [4.69, 9.17) is 15.4 Å². The SMILES string of the molecule is OC[C@@H](O)/C=N/O. The predicted molar refractivity (Wildman–Crippen MR) is 23.4 cm³/mol. The maximum Gasteiger partial charge on any atom is 0.115 e. The Labute approximate surface area is 40.7 Å². The molecular formula is C3H7NO3. The van der Waals surface area contributed by atoms with Crippen LogP contribution in [0.4, 0.5) is 0 Å². The van der Waals surface area contributed by atoms with Crippen LogP contribution >= 0.6 is 0 Å². The van der Waals surface area contributed by atoms with Crippen molar-refractivity contribution in [3.8, 4) is 0 Å². The molecule has 0 aliphatic heterocycles. The highest BCUT2D eigenvalue weighted by molar-refractivity contribution is 5.61. The Balaban J connectivity index is 3.16. The number of oxime groups is 1. The summed E-state index contributed by atoms with van der Waals surface area (Å²) in [4.78, 5) is 0. The number of hydrogen-bond acceptors (Lipinski definition) is 4. The fourth-order valence-corrected chi connectivity index (χ4v) is 0.124. The van der Waals surface area contributed by atoms with Crippen LogP contribution in [0.15, 0.2) is 5.16 Å². The first kappa shape index (κ1) is 6.39. The van der Waals surface area contributed by atoms with Crippen molar-refractivity contribution in [3.05, 3.63) is 0 Å². The summed E-state index contributed by atoms with van der Waals surface area (Å²) in [7, 11) is 0. The van der Waals surface area contributed by atoms with E-state index >= 15 is 0 Å². The van der Waals surface area contributed by atoms with Gasteiger partial charge in [0.25, 0.3) is 0 Å². The Kier molecular flexibility index (Phi) is 3.26. The predicted octanol–water partition coefficient (Wildman–Crippen LogP) is -1.20. The maximum absolute atomic E-state index is 8.30. The summed E-state index contributed by atoms with van der Waals surface area (Å²) in [6.45, 7) is -0.413. The van der Waals surface area contributed by atoms with Crippen LogP contribution in [-0.4, -0.2) is 34.3 Å². The molecule has 0 rings (SSSR count). The van der Waals surface area contributed by atoms with E-state index in [1.54, 1.807) is 0 Å². The number of rotatable bonds is 2. The van der Waals surface area contributed by atoms with Gasteiger partial charge in [0.2, 0.25) is 0 Å². The normalized spacial score (nSPS) is 15.1. The van der Waals surface area contributed by atoms with E-state index in [0.717, 1.165) is 6.21 Å². The zero-order valence-electron chi connectivity index (χ0n) is 3.65. The van der Waals surface area contributed by atoms with Gasteiger partial charge in [-0.2, -0.15) is 0 Å². The Morgan fingerprint density at radius 1 is 1.71 bits per heavy atom. The standard InChI is InChI=1S/C3H7NO3/c5-2-3(6)1-4-7/h1,3,5-7H,2H2/b4-1+/t3-/m0/s1. The van der Waals surface area contributed by atoms with Gasteiger partial charge >= 0.3 is 0 Å². The van der Waals surface area contributed by atoms with Crippen molar-refractivity contribution in [1.29, 1.82) is 0 Å². The smallest absolute Gasteiger partial charge is 0.115 e. The van der Waals surface area contributed by atoms with E-state index in [1.807, 2.05) is 0 Å². The van der Waals surface area contributed by atoms with Gasteiger partial charge in [-0.25, -0.2) is 0 Å². The summed E-state index contributed by atoms with van der Waals surface area (Å²) >= 11 is 0. The Morgan fingerprint density at radius 2 is 2.29 bits per heavy atom. The number of aliphatic hydroxyl groups is 2. The highest BCUT2D eigenvalue weighted by Crippen LogP contribution is 1.70. The molecule has 0 aromatic heterocycles. The van der Waals surface area contributed by atoms with Crippen molar-refractivity contribution >= 4 is 6.21 Å². The first-order chi connectivity index (χ1) is 3.31. The van der Waals surface area contributed by atoms with Crippen LogP contribution < -0.4 is 0 Å². The van der Waals surface area contributed by atoms with E-state index in [0.29, 0.717) is 0 Å². The molecule has 0 aliphatic carbocycles. The molecule has 0 heterocycles. The molecule has 0 amide bonds. The quantitative estimate of drug-likeness (QED) is 0.234. The summed E-state index contributed by atoms with van der Waals surface area (Å²) in [6.07, 6.45) is -0.204. The summed E-state index contributed by atoms with van der Waals surface area (Å²) in [6, 6.07) is 0. The third-order valence-corrected chi connectivity index (χ3v) is 0.426. The van der Waals surface area contributed by atoms with E-state index in [2.05, 4.69) is 5.16 Å². The molecule has 4 heteroatoms. The molecule has 0 bridgehead atoms. The minimum atomic E-state index is -1.04. The van der Waals surface area contributed by atoms with Crippen LogP contribution in [0.3, 0.4) is 0 Å². The van der Waals surface area contributed by atoms with Gasteiger partial charge in [0.05, 0.1) is 12.8 Å². The van der Waals surface area contributed by atoms with Crippen LogP contribution in [0.1, 0.15) is 0 Å². The Bertz CT molecular complexity index is 63.2. The highest BCUT2D eigenvalue weighted by Gasteiger charge is 1.92. The van der Waals surface area contributed by atoms with Gasteiger partial charge in [-0.3, -0.25) is 0 Å². The highest BCUT2D eigenvalue weighted by atomic mass is 16.4. The summed E-state index contributed by atoms with van der Waals surface area (Å²) in [5.41, 5.74) is 0. The Hall–Kier alpha value is -0.610. The molecule has 42 valence electrons. The molecule has 0 spiro atoms. The fourth-order valence-electron chi connectivity index (χ4n) is 0.124. The number of nitrogens with zero attached hydrogens (tertiary/aromatic N) is 1. The van der Waals surface area contributed by atoms with Gasteiger partial charge in [-0.05, 0) is 0 Å². The fraction of sp³-hybridized carbons (Fsp3) is 0.667. The van der Waals surface area contributed by atoms with E-state index < -0.39 is 12.7 Å². The summed E-state index contributed by atoms with van der Waals surface area (Å²) < 4.78 is 0. The average molecular weight is 105 g/mol. The maximum atomic E-state index is 8.30. The van der Waals surface area contributed by atoms with Crippen LogP contribution in [0.2, 0.25) is 0 Å². The van der Waals surface area contributed by atoms with Gasteiger partial charge in [0, 0.05) is 0 Å². The van der Waals surface area contributed by atoms with Crippen molar-refractivity contribution in [2.75, 3.05) is 6.61 Å². The third-order valence-electron chi connectivity index (χ3n) is 0.426. The second-order valence-corrected chi connectivity index (χ2v) is 1.01. The molecule has 0 saturated heterocycles. The Morgan fingerprint density at radius 3 is 2.43 bits per heavy atom. The van der Waals surface area contributed by atoms with Crippen molar-refractivity contribution in [2.45, 2.75) is 6.10 Å². The second-order valence-electron chi connectivity index (χ2n) is 1.01.